The van der Waals surface area contributed by atoms with E-state index in [-0.39, 0.29) is 5.97 Å². The predicted molar refractivity (Wildman–Crippen MR) is 62.4 cm³/mol. The highest BCUT2D eigenvalue weighted by molar-refractivity contribution is 7.99. The van der Waals surface area contributed by atoms with E-state index in [1.807, 2.05) is 26.0 Å². The lowest BCUT2D eigenvalue weighted by molar-refractivity contribution is 0.0598. The molecule has 74 valence electrons. The Kier molecular flexibility index (Phi) is 4.07. The van der Waals surface area contributed by atoms with Gasteiger partial charge in [-0.15, -0.1) is 11.8 Å². The van der Waals surface area contributed by atoms with E-state index in [0.29, 0.717) is 5.56 Å². The lowest BCUT2D eigenvalue weighted by Crippen LogP contribution is -2.18. The molecule has 4 heteroatoms. The number of methoxy groups -OCH3 is 1. The number of thioether (sulfide) groups is 1. The van der Waals surface area contributed by atoms with Crippen LogP contribution in [0.2, 0.25) is 0 Å². The summed E-state index contributed by atoms with van der Waals surface area (Å²) in [6.07, 6.45) is 0. The molecule has 0 aliphatic rings. The highest BCUT2D eigenvalue weighted by Crippen LogP contribution is 2.21. The van der Waals surface area contributed by atoms with Crippen LogP contribution in [-0.2, 0) is 4.74 Å². The van der Waals surface area contributed by atoms with E-state index < -0.39 is 0 Å². The van der Waals surface area contributed by atoms with Crippen LogP contribution in [0.3, 0.4) is 0 Å². The number of hydrogen-bond donors (Lipinski definition) is 0. The van der Waals surface area contributed by atoms with Gasteiger partial charge in [0.05, 0.1) is 12.7 Å². The summed E-state index contributed by atoms with van der Waals surface area (Å²) in [6, 6.07) is 5.83. The molecule has 0 bridgehead atoms. The molecule has 0 N–H and O–H groups in total. The summed E-state index contributed by atoms with van der Waals surface area (Å²) < 4.78 is 4.75. The molecule has 0 saturated carbocycles. The van der Waals surface area contributed by atoms with Crippen molar-refractivity contribution in [1.82, 2.24) is 0 Å². The number of esters is 1. The Morgan fingerprint density at radius 2 is 2.29 bits per heavy atom. The second-order valence-electron chi connectivity index (χ2n) is 2.87. The number of carbonyl (C=O) groups is 1. The van der Waals surface area contributed by atoms with Gasteiger partial charge in [-0.2, -0.15) is 0 Å². The minimum Gasteiger partial charge on any atom is -0.465 e. The standard InChI is InChI=1S/C10H13BO2S/c1-3-14-8-6-4-5-7(11)9(8)10(12)13-2/h4-6H,3,11H2,1-2H3. The van der Waals surface area contributed by atoms with E-state index >= 15 is 0 Å². The molecule has 1 rings (SSSR count). The highest BCUT2D eigenvalue weighted by atomic mass is 32.2. The number of benzene rings is 1. The summed E-state index contributed by atoms with van der Waals surface area (Å²) in [7, 11) is 3.33. The molecule has 1 aromatic carbocycles. The van der Waals surface area contributed by atoms with Crippen LogP contribution in [0.4, 0.5) is 0 Å². The Bertz CT molecular complexity index is 339. The fourth-order valence-corrected chi connectivity index (χ4v) is 2.15. The first kappa shape index (κ1) is 11.2. The monoisotopic (exact) mass is 208 g/mol. The Balaban J connectivity index is 3.15. The number of rotatable bonds is 3. The van der Waals surface area contributed by atoms with Crippen molar-refractivity contribution in [2.45, 2.75) is 11.8 Å². The molecule has 0 spiro atoms. The molecule has 2 nitrogen and oxygen atoms in total. The van der Waals surface area contributed by atoms with Gasteiger partial charge < -0.3 is 4.74 Å². The van der Waals surface area contributed by atoms with Gasteiger partial charge in [-0.1, -0.05) is 24.5 Å². The lowest BCUT2D eigenvalue weighted by atomic mass is 9.91. The first-order chi connectivity index (χ1) is 6.70. The molecule has 0 heterocycles. The van der Waals surface area contributed by atoms with Crippen molar-refractivity contribution in [2.75, 3.05) is 12.9 Å². The van der Waals surface area contributed by atoms with Crippen LogP contribution >= 0.6 is 11.8 Å². The Hall–Kier alpha value is -0.895. The van der Waals surface area contributed by atoms with Crippen molar-refractivity contribution in [2.24, 2.45) is 0 Å². The molecule has 0 fully saturated rings. The van der Waals surface area contributed by atoms with E-state index in [4.69, 9.17) is 4.74 Å². The Labute approximate surface area is 89.4 Å². The van der Waals surface area contributed by atoms with Crippen molar-refractivity contribution in [1.29, 1.82) is 0 Å². The van der Waals surface area contributed by atoms with Gasteiger partial charge in [0.1, 0.15) is 7.85 Å². The van der Waals surface area contributed by atoms with E-state index in [2.05, 4.69) is 6.92 Å². The van der Waals surface area contributed by atoms with Crippen LogP contribution in [0.15, 0.2) is 23.1 Å². The maximum absolute atomic E-state index is 11.5. The maximum Gasteiger partial charge on any atom is 0.338 e. The molecule has 0 amide bonds. The van der Waals surface area contributed by atoms with Gasteiger partial charge in [0.15, 0.2) is 0 Å². The topological polar surface area (TPSA) is 26.3 Å². The number of ether oxygens (including phenoxy) is 1. The van der Waals surface area contributed by atoms with Gasteiger partial charge >= 0.3 is 5.97 Å². The normalized spacial score (nSPS) is 9.86. The molecule has 14 heavy (non-hydrogen) atoms. The third kappa shape index (κ3) is 2.32. The van der Waals surface area contributed by atoms with E-state index in [0.717, 1.165) is 16.1 Å². The summed E-state index contributed by atoms with van der Waals surface area (Å²) in [4.78, 5) is 12.5. The quantitative estimate of drug-likeness (QED) is 0.418. The first-order valence-electron chi connectivity index (χ1n) is 4.51. The van der Waals surface area contributed by atoms with E-state index in [1.165, 1.54) is 7.11 Å². The largest absolute Gasteiger partial charge is 0.465 e. The zero-order valence-corrected chi connectivity index (χ0v) is 9.48. The third-order valence-electron chi connectivity index (χ3n) is 1.92. The van der Waals surface area contributed by atoms with Crippen molar-refractivity contribution >= 4 is 31.0 Å². The molecule has 0 unspecified atom stereocenters. The molecule has 0 atom stereocenters. The predicted octanol–water partition coefficient (Wildman–Crippen LogP) is 0.844. The van der Waals surface area contributed by atoms with Gasteiger partial charge in [0.25, 0.3) is 0 Å². The summed E-state index contributed by atoms with van der Waals surface area (Å²) in [5.74, 6) is 0.701. The lowest BCUT2D eigenvalue weighted by Gasteiger charge is -2.09. The maximum atomic E-state index is 11.5. The minimum absolute atomic E-state index is 0.251. The molecule has 0 aliphatic carbocycles. The average molecular weight is 208 g/mol. The smallest absolute Gasteiger partial charge is 0.338 e. The summed E-state index contributed by atoms with van der Waals surface area (Å²) in [5, 5.41) is 0. The van der Waals surface area contributed by atoms with Crippen molar-refractivity contribution < 1.29 is 9.53 Å². The molecular formula is C10H13BO2S. The van der Waals surface area contributed by atoms with Crippen LogP contribution in [0.25, 0.3) is 0 Å². The number of hydrogen-bond acceptors (Lipinski definition) is 3. The van der Waals surface area contributed by atoms with Gasteiger partial charge in [-0.05, 0) is 11.8 Å². The second kappa shape index (κ2) is 5.10. The molecular weight excluding hydrogens is 195 g/mol. The van der Waals surface area contributed by atoms with E-state index in [1.54, 1.807) is 11.8 Å². The minimum atomic E-state index is -0.251. The fraction of sp³-hybridized carbons (Fsp3) is 0.300. The van der Waals surface area contributed by atoms with Crippen LogP contribution in [0.1, 0.15) is 17.3 Å². The first-order valence-corrected chi connectivity index (χ1v) is 5.50. The van der Waals surface area contributed by atoms with Gasteiger partial charge in [0.2, 0.25) is 0 Å². The van der Waals surface area contributed by atoms with Crippen LogP contribution in [0, 0.1) is 0 Å². The molecule has 0 radical (unpaired) electrons. The van der Waals surface area contributed by atoms with Gasteiger partial charge in [0, 0.05) is 4.90 Å². The summed E-state index contributed by atoms with van der Waals surface area (Å²) >= 11 is 1.66. The second-order valence-corrected chi connectivity index (χ2v) is 4.18. The van der Waals surface area contributed by atoms with Crippen molar-refractivity contribution in [3.8, 4) is 0 Å². The van der Waals surface area contributed by atoms with Gasteiger partial charge in [-0.3, -0.25) is 0 Å². The summed E-state index contributed by atoms with van der Waals surface area (Å²) in [6.45, 7) is 2.06. The molecule has 0 aromatic heterocycles. The fourth-order valence-electron chi connectivity index (χ4n) is 1.28. The highest BCUT2D eigenvalue weighted by Gasteiger charge is 2.13. The molecule has 0 aliphatic heterocycles. The average Bonchev–Trinajstić information content (AvgIpc) is 2.18. The van der Waals surface area contributed by atoms with Crippen LogP contribution < -0.4 is 5.46 Å². The third-order valence-corrected chi connectivity index (χ3v) is 2.86. The Morgan fingerprint density at radius 1 is 1.57 bits per heavy atom. The van der Waals surface area contributed by atoms with Gasteiger partial charge in [-0.25, -0.2) is 4.79 Å². The zero-order chi connectivity index (χ0) is 10.6. The van der Waals surface area contributed by atoms with Crippen molar-refractivity contribution in [3.63, 3.8) is 0 Å². The summed E-state index contributed by atoms with van der Waals surface area (Å²) in [5.41, 5.74) is 1.66. The number of carbonyl (C=O) groups excluding carboxylic acids is 1. The zero-order valence-electron chi connectivity index (χ0n) is 8.66. The van der Waals surface area contributed by atoms with Crippen molar-refractivity contribution in [3.05, 3.63) is 23.8 Å². The van der Waals surface area contributed by atoms with Crippen LogP contribution in [0.5, 0.6) is 0 Å². The molecule has 0 saturated heterocycles. The molecule has 1 aromatic rings. The van der Waals surface area contributed by atoms with E-state index in [9.17, 15) is 4.79 Å². The van der Waals surface area contributed by atoms with Crippen LogP contribution in [-0.4, -0.2) is 26.7 Å². The Morgan fingerprint density at radius 3 is 2.86 bits per heavy atom. The SMILES string of the molecule is Bc1cccc(SCC)c1C(=O)OC.